The molecular weight excluding hydrogens is 138 g/mol. The average molecular weight is 147 g/mol. The molecule has 0 saturated heterocycles. The summed E-state index contributed by atoms with van der Waals surface area (Å²) in [6.45, 7) is 8.69. The Hall–Kier alpha value is -1.49. The van der Waals surface area contributed by atoms with E-state index in [2.05, 4.69) is 4.85 Å². The van der Waals surface area contributed by atoms with Gasteiger partial charge in [-0.15, -0.1) is 0 Å². The van der Waals surface area contributed by atoms with Gasteiger partial charge < -0.3 is 4.74 Å². The maximum absolute atomic E-state index is 6.80. The summed E-state index contributed by atoms with van der Waals surface area (Å²) < 4.78 is 4.99. The van der Waals surface area contributed by atoms with Gasteiger partial charge in [0.15, 0.2) is 5.69 Å². The van der Waals surface area contributed by atoms with Crippen molar-refractivity contribution in [3.63, 3.8) is 0 Å². The van der Waals surface area contributed by atoms with Gasteiger partial charge in [-0.05, 0) is 24.6 Å². The first-order chi connectivity index (χ1) is 5.27. The fraction of sp³-hybridized carbons (Fsp3) is 0.222. The third-order valence-electron chi connectivity index (χ3n) is 1.52. The number of nitrogens with zero attached hydrogens (tertiary/aromatic N) is 1. The van der Waals surface area contributed by atoms with Gasteiger partial charge >= 0.3 is 0 Å². The van der Waals surface area contributed by atoms with Crippen LogP contribution in [0.4, 0.5) is 5.69 Å². The molecule has 0 unspecified atom stereocenters. The molecule has 0 aliphatic carbocycles. The zero-order valence-corrected chi connectivity index (χ0v) is 6.59. The molecule has 0 bridgehead atoms. The van der Waals surface area contributed by atoms with Crippen molar-refractivity contribution < 1.29 is 4.74 Å². The highest BCUT2D eigenvalue weighted by molar-refractivity contribution is 5.54. The second kappa shape index (κ2) is 3.07. The maximum atomic E-state index is 6.80. The van der Waals surface area contributed by atoms with E-state index < -0.39 is 0 Å². The summed E-state index contributed by atoms with van der Waals surface area (Å²) in [5.41, 5.74) is 1.64. The van der Waals surface area contributed by atoms with Gasteiger partial charge in [0.2, 0.25) is 0 Å². The molecule has 0 radical (unpaired) electrons. The Balaban J connectivity index is 3.12. The molecule has 0 spiro atoms. The number of ether oxygens (including phenoxy) is 1. The quantitative estimate of drug-likeness (QED) is 0.556. The topological polar surface area (TPSA) is 13.6 Å². The predicted molar refractivity (Wildman–Crippen MR) is 44.0 cm³/mol. The molecule has 0 aliphatic rings. The van der Waals surface area contributed by atoms with Crippen LogP contribution >= 0.6 is 0 Å². The molecule has 0 aromatic heterocycles. The average Bonchev–Trinajstić information content (AvgIpc) is 2.04. The first-order valence-corrected chi connectivity index (χ1v) is 3.30. The smallest absolute Gasteiger partial charge is 0.190 e. The molecule has 0 fully saturated rings. The number of hydrogen-bond acceptors (Lipinski definition) is 1. The van der Waals surface area contributed by atoms with Crippen molar-refractivity contribution in [1.82, 2.24) is 0 Å². The van der Waals surface area contributed by atoms with Crippen LogP contribution < -0.4 is 4.74 Å². The lowest BCUT2D eigenvalue weighted by Gasteiger charge is -2.01. The molecule has 2 heteroatoms. The lowest BCUT2D eigenvalue weighted by Crippen LogP contribution is -1.82. The minimum absolute atomic E-state index is 0.686. The normalized spacial score (nSPS) is 8.82. The number of methoxy groups -OCH3 is 1. The molecule has 0 aliphatic heterocycles. The lowest BCUT2D eigenvalue weighted by molar-refractivity contribution is 0.414. The van der Waals surface area contributed by atoms with Crippen LogP contribution in [0.5, 0.6) is 5.75 Å². The largest absolute Gasteiger partial charge is 0.497 e. The molecule has 2 nitrogen and oxygen atoms in total. The van der Waals surface area contributed by atoms with E-state index in [0.29, 0.717) is 5.69 Å². The molecule has 1 rings (SSSR count). The molecule has 0 N–H and O–H groups in total. The van der Waals surface area contributed by atoms with Crippen molar-refractivity contribution >= 4 is 5.69 Å². The molecule has 1 aromatic rings. The molecule has 56 valence electrons. The van der Waals surface area contributed by atoms with E-state index in [9.17, 15) is 0 Å². The fourth-order valence-electron chi connectivity index (χ4n) is 0.880. The van der Waals surface area contributed by atoms with Crippen LogP contribution in [-0.2, 0) is 0 Å². The third-order valence-corrected chi connectivity index (χ3v) is 1.52. The van der Waals surface area contributed by atoms with E-state index in [1.165, 1.54) is 0 Å². The molecule has 1 aromatic carbocycles. The van der Waals surface area contributed by atoms with Crippen LogP contribution in [0, 0.1) is 13.5 Å². The van der Waals surface area contributed by atoms with E-state index >= 15 is 0 Å². The third kappa shape index (κ3) is 1.50. The van der Waals surface area contributed by atoms with Crippen molar-refractivity contribution in [2.24, 2.45) is 0 Å². The lowest BCUT2D eigenvalue weighted by atomic mass is 10.2. The van der Waals surface area contributed by atoms with Crippen LogP contribution in [0.2, 0.25) is 0 Å². The predicted octanol–water partition coefficient (Wildman–Crippen LogP) is 2.55. The molecule has 0 heterocycles. The van der Waals surface area contributed by atoms with Crippen LogP contribution in [0.15, 0.2) is 18.2 Å². The Morgan fingerprint density at radius 1 is 1.45 bits per heavy atom. The maximum Gasteiger partial charge on any atom is 0.190 e. The summed E-state index contributed by atoms with van der Waals surface area (Å²) in [5.74, 6) is 0.801. The van der Waals surface area contributed by atoms with Crippen molar-refractivity contribution in [3.05, 3.63) is 35.2 Å². The van der Waals surface area contributed by atoms with Crippen LogP contribution in [0.3, 0.4) is 0 Å². The second-order valence-electron chi connectivity index (χ2n) is 2.26. The van der Waals surface area contributed by atoms with Gasteiger partial charge in [0.05, 0.1) is 13.7 Å². The highest BCUT2D eigenvalue weighted by Crippen LogP contribution is 2.22. The van der Waals surface area contributed by atoms with E-state index in [0.717, 1.165) is 11.3 Å². The standard InChI is InChI=1S/C9H9NO/c1-7-6-8(11-3)4-5-9(7)10-2/h4-6H,1,3H3. The van der Waals surface area contributed by atoms with E-state index in [1.807, 2.05) is 13.0 Å². The van der Waals surface area contributed by atoms with Crippen molar-refractivity contribution in [2.45, 2.75) is 6.92 Å². The van der Waals surface area contributed by atoms with Crippen LogP contribution in [-0.4, -0.2) is 7.11 Å². The molecular formula is C9H9NO. The van der Waals surface area contributed by atoms with E-state index in [4.69, 9.17) is 11.3 Å². The van der Waals surface area contributed by atoms with Crippen molar-refractivity contribution in [1.29, 1.82) is 0 Å². The van der Waals surface area contributed by atoms with Gasteiger partial charge in [-0.1, -0.05) is 6.07 Å². The van der Waals surface area contributed by atoms with Crippen molar-refractivity contribution in [3.8, 4) is 5.75 Å². The summed E-state index contributed by atoms with van der Waals surface area (Å²) in [4.78, 5) is 3.34. The summed E-state index contributed by atoms with van der Waals surface area (Å²) in [7, 11) is 1.62. The van der Waals surface area contributed by atoms with Gasteiger partial charge in [0.25, 0.3) is 0 Å². The molecule has 0 amide bonds. The second-order valence-corrected chi connectivity index (χ2v) is 2.26. The molecule has 0 atom stereocenters. The SMILES string of the molecule is [C-]#[N+]c1ccc(OC)cc1C. The Labute approximate surface area is 66.2 Å². The summed E-state index contributed by atoms with van der Waals surface area (Å²) >= 11 is 0. The van der Waals surface area contributed by atoms with Gasteiger partial charge in [-0.3, -0.25) is 0 Å². The van der Waals surface area contributed by atoms with Gasteiger partial charge in [0.1, 0.15) is 5.75 Å². The van der Waals surface area contributed by atoms with Gasteiger partial charge in [0, 0.05) is 0 Å². The van der Waals surface area contributed by atoms with E-state index in [1.54, 1.807) is 19.2 Å². The number of hydrogen-bond donors (Lipinski definition) is 0. The zero-order chi connectivity index (χ0) is 8.27. The fourth-order valence-corrected chi connectivity index (χ4v) is 0.880. The number of rotatable bonds is 1. The Morgan fingerprint density at radius 2 is 2.18 bits per heavy atom. The van der Waals surface area contributed by atoms with Gasteiger partial charge in [-0.2, -0.15) is 0 Å². The Kier molecular flexibility index (Phi) is 2.12. The minimum atomic E-state index is 0.686. The highest BCUT2D eigenvalue weighted by atomic mass is 16.5. The van der Waals surface area contributed by atoms with E-state index in [-0.39, 0.29) is 0 Å². The molecule has 11 heavy (non-hydrogen) atoms. The number of benzene rings is 1. The zero-order valence-electron chi connectivity index (χ0n) is 6.59. The Morgan fingerprint density at radius 3 is 2.64 bits per heavy atom. The first kappa shape index (κ1) is 7.62. The van der Waals surface area contributed by atoms with Crippen LogP contribution in [0.25, 0.3) is 4.85 Å². The first-order valence-electron chi connectivity index (χ1n) is 3.30. The minimum Gasteiger partial charge on any atom is -0.497 e. The van der Waals surface area contributed by atoms with Gasteiger partial charge in [-0.25, -0.2) is 4.85 Å². The van der Waals surface area contributed by atoms with Crippen molar-refractivity contribution in [2.75, 3.05) is 7.11 Å². The summed E-state index contributed by atoms with van der Waals surface area (Å²) in [5, 5.41) is 0. The van der Waals surface area contributed by atoms with Crippen LogP contribution in [0.1, 0.15) is 5.56 Å². The highest BCUT2D eigenvalue weighted by Gasteiger charge is 1.97. The molecule has 0 saturated carbocycles. The monoisotopic (exact) mass is 147 g/mol. The number of aryl methyl sites for hydroxylation is 1. The Bertz CT molecular complexity index is 299. The summed E-state index contributed by atoms with van der Waals surface area (Å²) in [6, 6.07) is 5.41. The summed E-state index contributed by atoms with van der Waals surface area (Å²) in [6.07, 6.45) is 0.